The number of aromatic nitrogens is 3. The SMILES string of the molecule is Cc1cnc(CCC(=O)c2sc(N3CCN(Cc4ccc(F)cc4)C3=O)nc2C)cn1. The molecule has 31 heavy (non-hydrogen) atoms. The van der Waals surface area contributed by atoms with Gasteiger partial charge in [-0.3, -0.25) is 19.7 Å². The summed E-state index contributed by atoms with van der Waals surface area (Å²) in [4.78, 5) is 42.4. The van der Waals surface area contributed by atoms with Crippen LogP contribution in [0.25, 0.3) is 0 Å². The Balaban J connectivity index is 1.40. The number of carbonyl (C=O) groups excluding carboxylic acids is 2. The first-order valence-corrected chi connectivity index (χ1v) is 10.8. The quantitative estimate of drug-likeness (QED) is 0.521. The van der Waals surface area contributed by atoms with Crippen molar-refractivity contribution in [1.82, 2.24) is 19.9 Å². The monoisotopic (exact) mass is 439 g/mol. The Kier molecular flexibility index (Phi) is 6.03. The van der Waals surface area contributed by atoms with Crippen LogP contribution in [0.4, 0.5) is 14.3 Å². The number of amides is 2. The van der Waals surface area contributed by atoms with Gasteiger partial charge in [0.2, 0.25) is 0 Å². The minimum Gasteiger partial charge on any atom is -0.318 e. The molecule has 0 aliphatic carbocycles. The Morgan fingerprint density at radius 1 is 1.13 bits per heavy atom. The number of halogens is 1. The first kappa shape index (κ1) is 21.0. The lowest BCUT2D eigenvalue weighted by atomic mass is 10.1. The predicted octanol–water partition coefficient (Wildman–Crippen LogP) is 3.95. The summed E-state index contributed by atoms with van der Waals surface area (Å²) in [7, 11) is 0. The highest BCUT2D eigenvalue weighted by molar-refractivity contribution is 7.17. The van der Waals surface area contributed by atoms with Crippen molar-refractivity contribution in [2.75, 3.05) is 18.0 Å². The van der Waals surface area contributed by atoms with Crippen LogP contribution in [0.2, 0.25) is 0 Å². The second kappa shape index (κ2) is 8.89. The molecule has 0 spiro atoms. The number of nitrogens with zero attached hydrogens (tertiary/aromatic N) is 5. The van der Waals surface area contributed by atoms with Crippen LogP contribution >= 0.6 is 11.3 Å². The molecule has 0 radical (unpaired) electrons. The number of thiazole rings is 1. The van der Waals surface area contributed by atoms with Crippen molar-refractivity contribution < 1.29 is 14.0 Å². The Bertz CT molecular complexity index is 1100. The molecule has 0 unspecified atom stereocenters. The molecule has 0 N–H and O–H groups in total. The van der Waals surface area contributed by atoms with E-state index in [1.54, 1.807) is 41.2 Å². The number of Topliss-reactive ketones (excluding diaryl/α,β-unsaturated/α-hetero) is 1. The molecule has 4 rings (SSSR count). The standard InChI is InChI=1S/C22H22FN5O2S/c1-14-11-25-18(12-24-14)7-8-19(29)20-15(2)26-21(31-20)28-10-9-27(22(28)30)13-16-3-5-17(23)6-4-16/h3-6,11-12H,7-10,13H2,1-2H3. The molecule has 2 aromatic heterocycles. The number of hydrogen-bond acceptors (Lipinski definition) is 6. The highest BCUT2D eigenvalue weighted by atomic mass is 32.1. The van der Waals surface area contributed by atoms with Crippen LogP contribution < -0.4 is 4.90 Å². The van der Waals surface area contributed by atoms with Crippen molar-refractivity contribution in [3.63, 3.8) is 0 Å². The molecule has 0 bridgehead atoms. The summed E-state index contributed by atoms with van der Waals surface area (Å²) in [5, 5.41) is 0.530. The molecule has 2 amide bonds. The van der Waals surface area contributed by atoms with Crippen LogP contribution in [0.5, 0.6) is 0 Å². The van der Waals surface area contributed by atoms with E-state index in [4.69, 9.17) is 0 Å². The fraction of sp³-hybridized carbons (Fsp3) is 0.318. The number of anilines is 1. The van der Waals surface area contributed by atoms with E-state index in [0.717, 1.165) is 17.0 Å². The summed E-state index contributed by atoms with van der Waals surface area (Å²) in [5.74, 6) is -0.318. The maximum Gasteiger partial charge on any atom is 0.326 e. The van der Waals surface area contributed by atoms with Gasteiger partial charge < -0.3 is 4.90 Å². The smallest absolute Gasteiger partial charge is 0.318 e. The van der Waals surface area contributed by atoms with E-state index in [2.05, 4.69) is 15.0 Å². The Hall–Kier alpha value is -3.20. The van der Waals surface area contributed by atoms with Gasteiger partial charge in [-0.15, -0.1) is 0 Å². The van der Waals surface area contributed by atoms with Gasteiger partial charge in [-0.2, -0.15) is 0 Å². The largest absolute Gasteiger partial charge is 0.326 e. The third-order valence-corrected chi connectivity index (χ3v) is 6.32. The average molecular weight is 440 g/mol. The van der Waals surface area contributed by atoms with Crippen molar-refractivity contribution in [3.05, 3.63) is 70.0 Å². The topological polar surface area (TPSA) is 79.3 Å². The van der Waals surface area contributed by atoms with Crippen molar-refractivity contribution in [2.24, 2.45) is 0 Å². The zero-order valence-electron chi connectivity index (χ0n) is 17.3. The third kappa shape index (κ3) is 4.77. The van der Waals surface area contributed by atoms with Gasteiger partial charge in [0.25, 0.3) is 0 Å². The van der Waals surface area contributed by atoms with Gasteiger partial charge in [-0.25, -0.2) is 14.2 Å². The second-order valence-electron chi connectivity index (χ2n) is 7.47. The summed E-state index contributed by atoms with van der Waals surface area (Å²) in [6.07, 6.45) is 4.19. The maximum atomic E-state index is 13.1. The van der Waals surface area contributed by atoms with Crippen LogP contribution in [0, 0.1) is 19.7 Å². The zero-order valence-corrected chi connectivity index (χ0v) is 18.2. The molecule has 1 aliphatic rings. The molecule has 1 aromatic carbocycles. The van der Waals surface area contributed by atoms with E-state index in [9.17, 15) is 14.0 Å². The molecular formula is C22H22FN5O2S. The summed E-state index contributed by atoms with van der Waals surface area (Å²) in [5.41, 5.74) is 3.10. The second-order valence-corrected chi connectivity index (χ2v) is 8.44. The molecule has 1 fully saturated rings. The summed E-state index contributed by atoms with van der Waals surface area (Å²) >= 11 is 1.25. The Labute approximate surface area is 183 Å². The molecular weight excluding hydrogens is 417 g/mol. The predicted molar refractivity (Wildman–Crippen MR) is 116 cm³/mol. The van der Waals surface area contributed by atoms with E-state index in [0.29, 0.717) is 48.2 Å². The summed E-state index contributed by atoms with van der Waals surface area (Å²) in [6.45, 7) is 5.10. The number of benzene rings is 1. The molecule has 160 valence electrons. The van der Waals surface area contributed by atoms with Crippen molar-refractivity contribution in [1.29, 1.82) is 0 Å². The molecule has 7 nitrogen and oxygen atoms in total. The van der Waals surface area contributed by atoms with Crippen LogP contribution in [-0.2, 0) is 13.0 Å². The molecule has 9 heteroatoms. The normalized spacial score (nSPS) is 13.8. The van der Waals surface area contributed by atoms with Crippen molar-refractivity contribution in [3.8, 4) is 0 Å². The van der Waals surface area contributed by atoms with E-state index in [-0.39, 0.29) is 17.6 Å². The van der Waals surface area contributed by atoms with Crippen LogP contribution in [0.3, 0.4) is 0 Å². The van der Waals surface area contributed by atoms with E-state index < -0.39 is 0 Å². The minimum absolute atomic E-state index is 0.0153. The van der Waals surface area contributed by atoms with Gasteiger partial charge in [0.1, 0.15) is 5.82 Å². The van der Waals surface area contributed by atoms with Gasteiger partial charge in [0, 0.05) is 38.4 Å². The van der Waals surface area contributed by atoms with E-state index in [1.807, 2.05) is 6.92 Å². The van der Waals surface area contributed by atoms with Crippen molar-refractivity contribution >= 4 is 28.3 Å². The highest BCUT2D eigenvalue weighted by Crippen LogP contribution is 2.30. The van der Waals surface area contributed by atoms with Gasteiger partial charge in [0.05, 0.1) is 22.0 Å². The average Bonchev–Trinajstić information content (AvgIpc) is 3.31. The Morgan fingerprint density at radius 3 is 2.61 bits per heavy atom. The number of carbonyl (C=O) groups is 2. The van der Waals surface area contributed by atoms with E-state index in [1.165, 1.54) is 23.5 Å². The van der Waals surface area contributed by atoms with Crippen LogP contribution in [0.15, 0.2) is 36.7 Å². The van der Waals surface area contributed by atoms with Crippen LogP contribution in [0.1, 0.15) is 38.7 Å². The highest BCUT2D eigenvalue weighted by Gasteiger charge is 2.32. The number of urea groups is 1. The first-order valence-electron chi connectivity index (χ1n) is 10.00. The lowest BCUT2D eigenvalue weighted by Crippen LogP contribution is -2.31. The Morgan fingerprint density at radius 2 is 1.90 bits per heavy atom. The fourth-order valence-corrected chi connectivity index (χ4v) is 4.43. The summed E-state index contributed by atoms with van der Waals surface area (Å²) < 4.78 is 13.1. The number of aryl methyl sites for hydroxylation is 3. The molecule has 3 heterocycles. The molecule has 0 saturated carbocycles. The van der Waals surface area contributed by atoms with Crippen LogP contribution in [-0.4, -0.2) is 44.8 Å². The van der Waals surface area contributed by atoms with Gasteiger partial charge in [0.15, 0.2) is 10.9 Å². The molecule has 1 aliphatic heterocycles. The molecule has 3 aromatic rings. The number of rotatable bonds is 7. The zero-order chi connectivity index (χ0) is 22.0. The summed E-state index contributed by atoms with van der Waals surface area (Å²) in [6, 6.07) is 5.96. The number of ketones is 1. The molecule has 1 saturated heterocycles. The van der Waals surface area contributed by atoms with E-state index >= 15 is 0 Å². The molecule has 0 atom stereocenters. The fourth-order valence-electron chi connectivity index (χ4n) is 3.38. The lowest BCUT2D eigenvalue weighted by molar-refractivity contribution is 0.0985. The first-order chi connectivity index (χ1) is 14.9. The third-order valence-electron chi connectivity index (χ3n) is 5.09. The van der Waals surface area contributed by atoms with Gasteiger partial charge >= 0.3 is 6.03 Å². The minimum atomic E-state index is -0.303. The maximum absolute atomic E-state index is 13.1. The van der Waals surface area contributed by atoms with Gasteiger partial charge in [-0.05, 0) is 38.0 Å². The lowest BCUT2D eigenvalue weighted by Gasteiger charge is -2.16. The van der Waals surface area contributed by atoms with Crippen molar-refractivity contribution in [2.45, 2.75) is 33.2 Å². The number of hydrogen-bond donors (Lipinski definition) is 0. The van der Waals surface area contributed by atoms with Gasteiger partial charge in [-0.1, -0.05) is 23.5 Å².